The second-order valence-electron chi connectivity index (χ2n) is 14.0. The molecule has 0 atom stereocenters. The average molecular weight is 704 g/mol. The SMILES string of the molecule is c1ccc(-c2cc(N(c3ccc(-c4ccc5ccccc5c4)cc3)c3ccc4oc5ccncc5c4c3)ccc2-n2c3ccccc3c3ccccc32)cc1. The largest absolute Gasteiger partial charge is 0.456 e. The molecule has 55 heavy (non-hydrogen) atoms. The van der Waals surface area contributed by atoms with Gasteiger partial charge in [-0.25, -0.2) is 0 Å². The van der Waals surface area contributed by atoms with Crippen molar-refractivity contribution in [2.45, 2.75) is 0 Å². The lowest BCUT2D eigenvalue weighted by Crippen LogP contribution is -2.10. The first-order valence-corrected chi connectivity index (χ1v) is 18.6. The van der Waals surface area contributed by atoms with Gasteiger partial charge in [-0.15, -0.1) is 0 Å². The van der Waals surface area contributed by atoms with E-state index in [1.54, 1.807) is 6.20 Å². The van der Waals surface area contributed by atoms with Gasteiger partial charge in [-0.2, -0.15) is 0 Å². The van der Waals surface area contributed by atoms with Crippen LogP contribution < -0.4 is 4.90 Å². The van der Waals surface area contributed by atoms with Crippen LogP contribution in [-0.4, -0.2) is 9.55 Å². The van der Waals surface area contributed by atoms with Gasteiger partial charge in [0.1, 0.15) is 11.2 Å². The predicted molar refractivity (Wildman–Crippen MR) is 229 cm³/mol. The molecule has 4 nitrogen and oxygen atoms in total. The molecule has 11 rings (SSSR count). The van der Waals surface area contributed by atoms with E-state index in [1.807, 2.05) is 12.3 Å². The van der Waals surface area contributed by atoms with E-state index in [0.717, 1.165) is 55.8 Å². The molecule has 0 bridgehead atoms. The van der Waals surface area contributed by atoms with Crippen molar-refractivity contribution < 1.29 is 4.42 Å². The second-order valence-corrected chi connectivity index (χ2v) is 14.0. The Labute approximate surface area is 317 Å². The number of hydrogen-bond donors (Lipinski definition) is 0. The van der Waals surface area contributed by atoms with E-state index < -0.39 is 0 Å². The highest BCUT2D eigenvalue weighted by molar-refractivity contribution is 6.10. The summed E-state index contributed by atoms with van der Waals surface area (Å²) in [6, 6.07) is 67.5. The molecule has 0 aliphatic heterocycles. The Morgan fingerprint density at radius 1 is 0.418 bits per heavy atom. The summed E-state index contributed by atoms with van der Waals surface area (Å²) in [7, 11) is 0. The van der Waals surface area contributed by atoms with Gasteiger partial charge in [0.2, 0.25) is 0 Å². The number of hydrogen-bond acceptors (Lipinski definition) is 3. The van der Waals surface area contributed by atoms with Crippen molar-refractivity contribution in [3.05, 3.63) is 200 Å². The highest BCUT2D eigenvalue weighted by Crippen LogP contribution is 2.43. The van der Waals surface area contributed by atoms with E-state index in [-0.39, 0.29) is 0 Å². The topological polar surface area (TPSA) is 34.2 Å². The van der Waals surface area contributed by atoms with Crippen LogP contribution in [0.5, 0.6) is 0 Å². The molecule has 258 valence electrons. The number of benzene rings is 8. The smallest absolute Gasteiger partial charge is 0.138 e. The zero-order valence-electron chi connectivity index (χ0n) is 29.8. The van der Waals surface area contributed by atoms with Gasteiger partial charge < -0.3 is 13.9 Å². The van der Waals surface area contributed by atoms with Crippen molar-refractivity contribution in [3.63, 3.8) is 0 Å². The van der Waals surface area contributed by atoms with Crippen LogP contribution in [0.3, 0.4) is 0 Å². The summed E-state index contributed by atoms with van der Waals surface area (Å²) in [6.07, 6.45) is 3.67. The van der Waals surface area contributed by atoms with Gasteiger partial charge in [0.25, 0.3) is 0 Å². The standard InChI is InChI=1S/C51H33N3O/c1-2-11-36(12-3-1)44-31-40(24-26-49(44)54-47-16-8-6-14-42(47)43-15-7-9-17-48(43)54)53(41-25-27-50-45(32-41)46-33-52-29-28-51(46)55-50)39-22-20-35(21-23-39)38-19-18-34-10-4-5-13-37(34)30-38/h1-33H. The van der Waals surface area contributed by atoms with Crippen molar-refractivity contribution in [2.24, 2.45) is 0 Å². The summed E-state index contributed by atoms with van der Waals surface area (Å²) in [6.45, 7) is 0. The highest BCUT2D eigenvalue weighted by atomic mass is 16.3. The molecular weight excluding hydrogens is 671 g/mol. The van der Waals surface area contributed by atoms with Crippen molar-refractivity contribution in [2.75, 3.05) is 4.90 Å². The molecule has 11 aromatic rings. The Morgan fingerprint density at radius 2 is 1.05 bits per heavy atom. The fourth-order valence-electron chi connectivity index (χ4n) is 8.26. The number of anilines is 3. The molecule has 3 aromatic heterocycles. The van der Waals surface area contributed by atoms with E-state index >= 15 is 0 Å². The number of furan rings is 1. The first-order chi connectivity index (χ1) is 27.3. The van der Waals surface area contributed by atoms with Gasteiger partial charge in [-0.1, -0.05) is 115 Å². The van der Waals surface area contributed by atoms with Crippen molar-refractivity contribution in [1.82, 2.24) is 9.55 Å². The first kappa shape index (κ1) is 31.1. The average Bonchev–Trinajstić information content (AvgIpc) is 3.80. The Kier molecular flexibility index (Phi) is 7.14. The maximum absolute atomic E-state index is 6.24. The first-order valence-electron chi connectivity index (χ1n) is 18.6. The van der Waals surface area contributed by atoms with Gasteiger partial charge >= 0.3 is 0 Å². The number of fused-ring (bicyclic) bond motifs is 7. The minimum atomic E-state index is 0.829. The van der Waals surface area contributed by atoms with E-state index in [4.69, 9.17) is 4.42 Å². The molecule has 0 unspecified atom stereocenters. The molecule has 0 saturated heterocycles. The lowest BCUT2D eigenvalue weighted by molar-refractivity contribution is 0.668. The number of rotatable bonds is 6. The number of pyridine rings is 1. The van der Waals surface area contributed by atoms with Gasteiger partial charge in [-0.3, -0.25) is 4.98 Å². The fraction of sp³-hybridized carbons (Fsp3) is 0. The van der Waals surface area contributed by atoms with E-state index in [1.165, 1.54) is 43.7 Å². The van der Waals surface area contributed by atoms with Crippen molar-refractivity contribution >= 4 is 71.6 Å². The van der Waals surface area contributed by atoms with E-state index in [0.29, 0.717) is 0 Å². The summed E-state index contributed by atoms with van der Waals surface area (Å²) >= 11 is 0. The quantitative estimate of drug-likeness (QED) is 0.173. The molecule has 0 N–H and O–H groups in total. The Hall–Kier alpha value is -7.43. The van der Waals surface area contributed by atoms with E-state index in [9.17, 15) is 0 Å². The highest BCUT2D eigenvalue weighted by Gasteiger charge is 2.20. The Bertz CT molecular complexity index is 3160. The van der Waals surface area contributed by atoms with Crippen LogP contribution in [0.4, 0.5) is 17.1 Å². The van der Waals surface area contributed by atoms with Crippen LogP contribution >= 0.6 is 0 Å². The molecule has 0 fully saturated rings. The third-order valence-corrected chi connectivity index (χ3v) is 10.9. The van der Waals surface area contributed by atoms with E-state index in [2.05, 4.69) is 196 Å². The second kappa shape index (κ2) is 12.6. The molecule has 8 aromatic carbocycles. The minimum Gasteiger partial charge on any atom is -0.456 e. The normalized spacial score (nSPS) is 11.6. The maximum Gasteiger partial charge on any atom is 0.138 e. The van der Waals surface area contributed by atoms with Crippen LogP contribution in [0.15, 0.2) is 205 Å². The fourth-order valence-corrected chi connectivity index (χ4v) is 8.26. The zero-order valence-corrected chi connectivity index (χ0v) is 29.8. The molecule has 0 aliphatic carbocycles. The van der Waals surface area contributed by atoms with Gasteiger partial charge in [0, 0.05) is 56.6 Å². The zero-order chi connectivity index (χ0) is 36.3. The summed E-state index contributed by atoms with van der Waals surface area (Å²) in [5, 5.41) is 6.98. The van der Waals surface area contributed by atoms with Crippen LogP contribution in [0.2, 0.25) is 0 Å². The third-order valence-electron chi connectivity index (χ3n) is 10.9. The Morgan fingerprint density at radius 3 is 1.85 bits per heavy atom. The van der Waals surface area contributed by atoms with Gasteiger partial charge in [0.15, 0.2) is 0 Å². The summed E-state index contributed by atoms with van der Waals surface area (Å²) in [5.41, 5.74) is 12.9. The molecule has 0 radical (unpaired) electrons. The van der Waals surface area contributed by atoms with Crippen LogP contribution in [0.1, 0.15) is 0 Å². The molecular formula is C51H33N3O. The van der Waals surface area contributed by atoms with Gasteiger partial charge in [0.05, 0.1) is 16.7 Å². The van der Waals surface area contributed by atoms with Crippen LogP contribution in [0.25, 0.3) is 82.5 Å². The summed E-state index contributed by atoms with van der Waals surface area (Å²) in [5.74, 6) is 0. The van der Waals surface area contributed by atoms with Crippen LogP contribution in [0, 0.1) is 0 Å². The number of nitrogens with zero attached hydrogens (tertiary/aromatic N) is 3. The summed E-state index contributed by atoms with van der Waals surface area (Å²) < 4.78 is 8.65. The molecule has 0 amide bonds. The molecule has 0 aliphatic rings. The minimum absolute atomic E-state index is 0.829. The number of para-hydroxylation sites is 2. The molecule has 0 saturated carbocycles. The number of aromatic nitrogens is 2. The summed E-state index contributed by atoms with van der Waals surface area (Å²) in [4.78, 5) is 6.78. The van der Waals surface area contributed by atoms with Crippen molar-refractivity contribution in [1.29, 1.82) is 0 Å². The van der Waals surface area contributed by atoms with Gasteiger partial charge in [-0.05, 0) is 100 Å². The monoisotopic (exact) mass is 703 g/mol. The van der Waals surface area contributed by atoms with Crippen molar-refractivity contribution in [3.8, 4) is 27.9 Å². The van der Waals surface area contributed by atoms with Crippen LogP contribution in [-0.2, 0) is 0 Å². The predicted octanol–water partition coefficient (Wildman–Crippen LogP) is 14.0. The maximum atomic E-state index is 6.24. The third kappa shape index (κ3) is 5.19. The molecule has 3 heterocycles. The molecule has 0 spiro atoms. The Balaban J connectivity index is 1.12. The lowest BCUT2D eigenvalue weighted by atomic mass is 10.00. The lowest BCUT2D eigenvalue weighted by Gasteiger charge is -2.27. The molecule has 4 heteroatoms.